The first-order valence-electron chi connectivity index (χ1n) is 10.7. The van der Waals surface area contributed by atoms with E-state index in [1.54, 1.807) is 0 Å². The molecule has 1 fully saturated rings. The summed E-state index contributed by atoms with van der Waals surface area (Å²) in [5, 5.41) is 13.5. The zero-order valence-electron chi connectivity index (χ0n) is 17.8. The number of hydrogen-bond donors (Lipinski definition) is 1. The van der Waals surface area contributed by atoms with Gasteiger partial charge in [-0.05, 0) is 81.5 Å². The quantitative estimate of drug-likeness (QED) is 0.397. The molecule has 1 aliphatic heterocycles. The van der Waals surface area contributed by atoms with Gasteiger partial charge in [0.15, 0.2) is 0 Å². The predicted molar refractivity (Wildman–Crippen MR) is 111 cm³/mol. The molecular weight excluding hydrogens is 370 g/mol. The van der Waals surface area contributed by atoms with E-state index < -0.39 is 11.8 Å². The third-order valence-corrected chi connectivity index (χ3v) is 6.06. The summed E-state index contributed by atoms with van der Waals surface area (Å²) in [6.45, 7) is 6.33. The number of oxime groups is 1. The maximum atomic E-state index is 11.2. The molecule has 0 bridgehead atoms. The lowest BCUT2D eigenvalue weighted by atomic mass is 9.90. The van der Waals surface area contributed by atoms with Crippen molar-refractivity contribution in [2.75, 3.05) is 13.2 Å². The van der Waals surface area contributed by atoms with E-state index in [-0.39, 0.29) is 12.0 Å². The van der Waals surface area contributed by atoms with Crippen LogP contribution in [0.15, 0.2) is 23.4 Å². The van der Waals surface area contributed by atoms with Crippen molar-refractivity contribution in [3.63, 3.8) is 0 Å². The molecule has 29 heavy (non-hydrogen) atoms. The molecule has 2 aliphatic rings. The van der Waals surface area contributed by atoms with E-state index in [0.29, 0.717) is 13.2 Å². The van der Waals surface area contributed by atoms with Gasteiger partial charge in [0.2, 0.25) is 0 Å². The number of hydrogen-bond acceptors (Lipinski definition) is 5. The maximum absolute atomic E-state index is 11.2. The molecule has 3 rings (SSSR count). The zero-order valence-corrected chi connectivity index (χ0v) is 17.8. The van der Waals surface area contributed by atoms with Gasteiger partial charge in [-0.1, -0.05) is 17.3 Å². The highest BCUT2D eigenvalue weighted by molar-refractivity contribution is 5.98. The summed E-state index contributed by atoms with van der Waals surface area (Å²) < 4.78 is 11.0. The molecular formula is C23H33NO5. The second kappa shape index (κ2) is 9.72. The molecule has 0 aromatic heterocycles. The van der Waals surface area contributed by atoms with E-state index in [1.807, 2.05) is 13.8 Å². The molecule has 0 saturated carbocycles. The minimum atomic E-state index is -1.53. The van der Waals surface area contributed by atoms with Crippen LogP contribution in [0.2, 0.25) is 0 Å². The largest absolute Gasteiger partial charge is 0.477 e. The van der Waals surface area contributed by atoms with Gasteiger partial charge in [-0.2, -0.15) is 0 Å². The average Bonchev–Trinajstić information content (AvgIpc) is 2.71. The number of carboxylic acids is 1. The first kappa shape index (κ1) is 21.8. The van der Waals surface area contributed by atoms with Crippen molar-refractivity contribution < 1.29 is 24.2 Å². The van der Waals surface area contributed by atoms with Crippen LogP contribution in [0.5, 0.6) is 0 Å². The van der Waals surface area contributed by atoms with Crippen LogP contribution in [-0.4, -0.2) is 41.9 Å². The maximum Gasteiger partial charge on any atom is 0.364 e. The highest BCUT2D eigenvalue weighted by Crippen LogP contribution is 2.29. The molecule has 1 saturated heterocycles. The Hall–Kier alpha value is -1.92. The Morgan fingerprint density at radius 3 is 2.76 bits per heavy atom. The lowest BCUT2D eigenvalue weighted by Crippen LogP contribution is -2.51. The Morgan fingerprint density at radius 2 is 2.03 bits per heavy atom. The minimum Gasteiger partial charge on any atom is -0.477 e. The highest BCUT2D eigenvalue weighted by Gasteiger charge is 2.43. The molecule has 1 N–H and O–H groups in total. The molecule has 3 atom stereocenters. The molecule has 0 amide bonds. The Balaban J connectivity index is 1.37. The Bertz CT molecular complexity index is 747. The summed E-state index contributed by atoms with van der Waals surface area (Å²) in [5.74, 6) is -2.41. The fourth-order valence-corrected chi connectivity index (χ4v) is 4.04. The number of nitrogens with zero attached hydrogens (tertiary/aromatic N) is 1. The minimum absolute atomic E-state index is 0.143. The van der Waals surface area contributed by atoms with Crippen LogP contribution in [0, 0.1) is 5.92 Å². The smallest absolute Gasteiger partial charge is 0.364 e. The molecule has 6 heteroatoms. The van der Waals surface area contributed by atoms with Gasteiger partial charge in [0, 0.05) is 12.8 Å². The number of benzene rings is 1. The van der Waals surface area contributed by atoms with Crippen LogP contribution in [0.3, 0.4) is 0 Å². The summed E-state index contributed by atoms with van der Waals surface area (Å²) in [6, 6.07) is 6.63. The highest BCUT2D eigenvalue weighted by atomic mass is 16.7. The van der Waals surface area contributed by atoms with Gasteiger partial charge in [0.05, 0.1) is 18.4 Å². The summed E-state index contributed by atoms with van der Waals surface area (Å²) in [6.07, 6.45) is 7.53. The standard InChI is InChI=1S/C23H33NO5/c1-16(19-12-11-18-8-4-5-9-20(18)14-19)24-28-13-7-6-10-21-15-27-23(3,22(25)26)29-17(21)2/h11-12,14,17,21H,4-10,13,15H2,1-3H3,(H,25,26). The number of ether oxygens (including phenoxy) is 2. The average molecular weight is 404 g/mol. The van der Waals surface area contributed by atoms with Crippen LogP contribution in [-0.2, 0) is 31.9 Å². The van der Waals surface area contributed by atoms with E-state index >= 15 is 0 Å². The normalized spacial score (nSPS) is 27.3. The summed E-state index contributed by atoms with van der Waals surface area (Å²) in [7, 11) is 0. The topological polar surface area (TPSA) is 77.4 Å². The van der Waals surface area contributed by atoms with Gasteiger partial charge in [0.25, 0.3) is 5.79 Å². The lowest BCUT2D eigenvalue weighted by Gasteiger charge is -2.39. The molecule has 160 valence electrons. The van der Waals surface area contributed by atoms with Crippen molar-refractivity contribution in [1.29, 1.82) is 0 Å². The van der Waals surface area contributed by atoms with E-state index in [1.165, 1.54) is 37.3 Å². The van der Waals surface area contributed by atoms with E-state index in [0.717, 1.165) is 37.0 Å². The predicted octanol–water partition coefficient (Wildman–Crippen LogP) is 4.33. The van der Waals surface area contributed by atoms with Gasteiger partial charge in [-0.15, -0.1) is 0 Å². The fraction of sp³-hybridized carbons (Fsp3) is 0.652. The number of aliphatic carboxylic acids is 1. The van der Waals surface area contributed by atoms with Crippen LogP contribution in [0.25, 0.3) is 0 Å². The van der Waals surface area contributed by atoms with Crippen LogP contribution >= 0.6 is 0 Å². The van der Waals surface area contributed by atoms with Crippen LogP contribution in [0.4, 0.5) is 0 Å². The number of carboxylic acid groups (broad SMARTS) is 1. The lowest BCUT2D eigenvalue weighted by molar-refractivity contribution is -0.292. The van der Waals surface area contributed by atoms with Crippen LogP contribution in [0.1, 0.15) is 69.6 Å². The molecule has 1 aromatic carbocycles. The fourth-order valence-electron chi connectivity index (χ4n) is 4.04. The van der Waals surface area contributed by atoms with Crippen molar-refractivity contribution in [2.24, 2.45) is 11.1 Å². The second-order valence-electron chi connectivity index (χ2n) is 8.34. The monoisotopic (exact) mass is 403 g/mol. The van der Waals surface area contributed by atoms with Gasteiger partial charge in [-0.25, -0.2) is 4.79 Å². The van der Waals surface area contributed by atoms with Gasteiger partial charge in [0.1, 0.15) is 6.61 Å². The van der Waals surface area contributed by atoms with Crippen molar-refractivity contribution in [2.45, 2.75) is 77.6 Å². The first-order valence-corrected chi connectivity index (χ1v) is 10.7. The van der Waals surface area contributed by atoms with Crippen molar-refractivity contribution in [3.8, 4) is 0 Å². The molecule has 1 aromatic rings. The SMILES string of the molecule is CC(=NOCCCCC1COC(C)(C(=O)O)OC1C)c1ccc2c(c1)CCCC2. The van der Waals surface area contributed by atoms with Gasteiger partial charge in [-0.3, -0.25) is 0 Å². The summed E-state index contributed by atoms with van der Waals surface area (Å²) in [5.41, 5.74) is 4.97. The molecule has 1 aliphatic carbocycles. The van der Waals surface area contributed by atoms with Crippen molar-refractivity contribution >= 4 is 11.7 Å². The summed E-state index contributed by atoms with van der Waals surface area (Å²) in [4.78, 5) is 16.7. The number of fused-ring (bicyclic) bond motifs is 1. The molecule has 0 radical (unpaired) electrons. The number of carbonyl (C=O) groups is 1. The zero-order chi connectivity index (χ0) is 20.9. The number of aryl methyl sites for hydroxylation is 2. The third kappa shape index (κ3) is 5.58. The Morgan fingerprint density at radius 1 is 1.28 bits per heavy atom. The first-order chi connectivity index (χ1) is 13.9. The van der Waals surface area contributed by atoms with Gasteiger partial charge >= 0.3 is 5.97 Å². The van der Waals surface area contributed by atoms with E-state index in [2.05, 4.69) is 23.4 Å². The van der Waals surface area contributed by atoms with Crippen molar-refractivity contribution in [3.05, 3.63) is 34.9 Å². The molecule has 3 unspecified atom stereocenters. The van der Waals surface area contributed by atoms with Gasteiger partial charge < -0.3 is 19.4 Å². The third-order valence-electron chi connectivity index (χ3n) is 6.06. The molecule has 6 nitrogen and oxygen atoms in total. The molecule has 0 spiro atoms. The van der Waals surface area contributed by atoms with E-state index in [9.17, 15) is 9.90 Å². The second-order valence-corrected chi connectivity index (χ2v) is 8.34. The molecule has 1 heterocycles. The Labute approximate surface area is 173 Å². The van der Waals surface area contributed by atoms with Crippen LogP contribution < -0.4 is 0 Å². The number of rotatable bonds is 8. The van der Waals surface area contributed by atoms with Crippen molar-refractivity contribution in [1.82, 2.24) is 0 Å². The van der Waals surface area contributed by atoms with E-state index in [4.69, 9.17) is 14.3 Å². The number of unbranched alkanes of at least 4 members (excludes halogenated alkanes) is 1. The summed E-state index contributed by atoms with van der Waals surface area (Å²) >= 11 is 0. The Kier molecular flexibility index (Phi) is 7.30.